The van der Waals surface area contributed by atoms with Crippen molar-refractivity contribution in [3.63, 3.8) is 0 Å². The van der Waals surface area contributed by atoms with Gasteiger partial charge in [-0.05, 0) is 29.7 Å². The van der Waals surface area contributed by atoms with Crippen molar-refractivity contribution >= 4 is 33.5 Å². The number of rotatable bonds is 4. The first-order valence-electron chi connectivity index (χ1n) is 8.89. The summed E-state index contributed by atoms with van der Waals surface area (Å²) in [6.07, 6.45) is 0. The highest BCUT2D eigenvalue weighted by Crippen LogP contribution is 2.36. The maximum Gasteiger partial charge on any atom is 0.231 e. The zero-order chi connectivity index (χ0) is 19.6. The monoisotopic (exact) mass is 398 g/mol. The molecule has 0 aliphatic carbocycles. The topological polar surface area (TPSA) is 79.5 Å². The van der Waals surface area contributed by atoms with Crippen LogP contribution in [0.1, 0.15) is 5.01 Å². The van der Waals surface area contributed by atoms with Crippen molar-refractivity contribution < 1.29 is 9.47 Å². The molecule has 1 aliphatic rings. The molecule has 29 heavy (non-hydrogen) atoms. The first kappa shape index (κ1) is 17.2. The molecule has 0 fully saturated rings. The minimum absolute atomic E-state index is 0.228. The van der Waals surface area contributed by atoms with Crippen LogP contribution in [0.4, 0.5) is 5.69 Å². The van der Waals surface area contributed by atoms with Crippen LogP contribution in [0.2, 0.25) is 0 Å². The normalized spacial score (nSPS) is 12.7. The zero-order valence-electron chi connectivity index (χ0n) is 15.1. The molecule has 0 unspecified atom stereocenters. The van der Waals surface area contributed by atoms with Crippen molar-refractivity contribution in [2.24, 2.45) is 5.10 Å². The molecule has 0 radical (unpaired) electrons. The lowest BCUT2D eigenvalue weighted by Crippen LogP contribution is -2.01. The van der Waals surface area contributed by atoms with E-state index in [0.29, 0.717) is 10.8 Å². The zero-order valence-corrected chi connectivity index (χ0v) is 15.9. The minimum atomic E-state index is 0.228. The second kappa shape index (κ2) is 7.26. The number of anilines is 1. The maximum atomic E-state index is 9.59. The quantitative estimate of drug-likeness (QED) is 0.385. The van der Waals surface area contributed by atoms with Crippen molar-refractivity contribution in [1.29, 1.82) is 5.26 Å². The molecule has 1 N–H and O–H groups in total. The van der Waals surface area contributed by atoms with Gasteiger partial charge in [-0.2, -0.15) is 10.4 Å². The van der Waals surface area contributed by atoms with Crippen molar-refractivity contribution in [2.75, 3.05) is 12.2 Å². The number of thiazole rings is 1. The Hall–Kier alpha value is -3.89. The first-order valence-corrected chi connectivity index (χ1v) is 9.77. The SMILES string of the molecule is N#CC(=NNc1cccc2ccccc12)c1nc(-c2ccc3c(c2)OCO3)cs1. The molecule has 5 rings (SSSR count). The number of hydrogen-bond acceptors (Lipinski definition) is 7. The molecule has 0 saturated heterocycles. The fourth-order valence-electron chi connectivity index (χ4n) is 3.13. The summed E-state index contributed by atoms with van der Waals surface area (Å²) in [6.45, 7) is 0.228. The van der Waals surface area contributed by atoms with Crippen molar-refractivity contribution in [1.82, 2.24) is 4.98 Å². The second-order valence-electron chi connectivity index (χ2n) is 6.32. The van der Waals surface area contributed by atoms with E-state index < -0.39 is 0 Å². The Labute approximate surface area is 170 Å². The fraction of sp³-hybridized carbons (Fsp3) is 0.0455. The van der Waals surface area contributed by atoms with E-state index in [1.54, 1.807) is 0 Å². The fourth-order valence-corrected chi connectivity index (χ4v) is 3.90. The molecule has 4 aromatic rings. The Morgan fingerprint density at radius 2 is 1.93 bits per heavy atom. The summed E-state index contributed by atoms with van der Waals surface area (Å²) in [5.74, 6) is 1.42. The predicted molar refractivity (Wildman–Crippen MR) is 113 cm³/mol. The van der Waals surface area contributed by atoms with Gasteiger partial charge in [-0.15, -0.1) is 11.3 Å². The van der Waals surface area contributed by atoms with Crippen LogP contribution in [0.3, 0.4) is 0 Å². The number of hydrazone groups is 1. The average Bonchev–Trinajstić information content (AvgIpc) is 3.43. The van der Waals surface area contributed by atoms with E-state index in [-0.39, 0.29) is 12.5 Å². The highest BCUT2D eigenvalue weighted by molar-refractivity contribution is 7.12. The third-order valence-corrected chi connectivity index (χ3v) is 5.41. The molecule has 1 aromatic heterocycles. The number of ether oxygens (including phenoxy) is 2. The van der Waals surface area contributed by atoms with E-state index in [0.717, 1.165) is 33.5 Å². The van der Waals surface area contributed by atoms with Crippen LogP contribution in [0.5, 0.6) is 11.5 Å². The summed E-state index contributed by atoms with van der Waals surface area (Å²) in [5.41, 5.74) is 5.74. The van der Waals surface area contributed by atoms with Crippen LogP contribution in [-0.2, 0) is 0 Å². The number of hydrogen-bond donors (Lipinski definition) is 1. The van der Waals surface area contributed by atoms with Gasteiger partial charge >= 0.3 is 0 Å². The number of fused-ring (bicyclic) bond motifs is 2. The molecule has 0 bridgehead atoms. The predicted octanol–water partition coefficient (Wildman–Crippen LogP) is 5.03. The summed E-state index contributed by atoms with van der Waals surface area (Å²) in [4.78, 5) is 4.58. The molecule has 140 valence electrons. The molecule has 1 aliphatic heterocycles. The standard InChI is InChI=1S/C22H14N4O2S/c23-11-18(26-25-17-7-3-5-14-4-1-2-6-16(14)17)22-24-19(12-29-22)15-8-9-20-21(10-15)28-13-27-20/h1-10,12,25H,13H2. The Morgan fingerprint density at radius 1 is 1.07 bits per heavy atom. The molecule has 0 spiro atoms. The van der Waals surface area contributed by atoms with Crippen LogP contribution in [0.15, 0.2) is 71.1 Å². The molecule has 6 nitrogen and oxygen atoms in total. The summed E-state index contributed by atoms with van der Waals surface area (Å²) >= 11 is 1.37. The lowest BCUT2D eigenvalue weighted by atomic mass is 10.1. The van der Waals surface area contributed by atoms with Crippen molar-refractivity contribution in [2.45, 2.75) is 0 Å². The molecular formula is C22H14N4O2S. The van der Waals surface area contributed by atoms with E-state index in [2.05, 4.69) is 21.6 Å². The first-order chi connectivity index (χ1) is 14.3. The smallest absolute Gasteiger partial charge is 0.231 e. The van der Waals surface area contributed by atoms with Crippen LogP contribution in [0, 0.1) is 11.3 Å². The van der Waals surface area contributed by atoms with Gasteiger partial charge in [0.25, 0.3) is 0 Å². The molecule has 3 aromatic carbocycles. The number of benzene rings is 3. The van der Waals surface area contributed by atoms with Crippen molar-refractivity contribution in [3.05, 3.63) is 71.1 Å². The summed E-state index contributed by atoms with van der Waals surface area (Å²) in [6, 6.07) is 21.7. The van der Waals surface area contributed by atoms with Gasteiger partial charge < -0.3 is 9.47 Å². The average molecular weight is 398 g/mol. The molecular weight excluding hydrogens is 384 g/mol. The third-order valence-electron chi connectivity index (χ3n) is 4.56. The van der Waals surface area contributed by atoms with Gasteiger partial charge in [-0.3, -0.25) is 5.43 Å². The lowest BCUT2D eigenvalue weighted by molar-refractivity contribution is 0.174. The van der Waals surface area contributed by atoms with E-state index >= 15 is 0 Å². The van der Waals surface area contributed by atoms with Crippen molar-refractivity contribution in [3.8, 4) is 28.8 Å². The maximum absolute atomic E-state index is 9.59. The van der Waals surface area contributed by atoms with Crippen LogP contribution in [-0.4, -0.2) is 17.5 Å². The van der Waals surface area contributed by atoms with Crippen LogP contribution >= 0.6 is 11.3 Å². The Morgan fingerprint density at radius 3 is 2.86 bits per heavy atom. The summed E-state index contributed by atoms with van der Waals surface area (Å²) in [7, 11) is 0. The van der Waals surface area contributed by atoms with Gasteiger partial charge in [0, 0.05) is 16.3 Å². The van der Waals surface area contributed by atoms with Gasteiger partial charge in [0.15, 0.2) is 22.2 Å². The number of aromatic nitrogens is 1. The van der Waals surface area contributed by atoms with Gasteiger partial charge in [0.2, 0.25) is 6.79 Å². The Balaban J connectivity index is 1.43. The largest absolute Gasteiger partial charge is 0.454 e. The Bertz CT molecular complexity index is 1280. The third kappa shape index (κ3) is 3.26. The number of nitrogens with one attached hydrogen (secondary N) is 1. The number of nitriles is 1. The van der Waals surface area contributed by atoms with Gasteiger partial charge in [-0.1, -0.05) is 36.4 Å². The van der Waals surface area contributed by atoms with Gasteiger partial charge in [0.05, 0.1) is 11.4 Å². The highest BCUT2D eigenvalue weighted by Gasteiger charge is 2.16. The van der Waals surface area contributed by atoms with E-state index in [9.17, 15) is 5.26 Å². The highest BCUT2D eigenvalue weighted by atomic mass is 32.1. The van der Waals surface area contributed by atoms with Crippen LogP contribution < -0.4 is 14.9 Å². The molecule has 0 atom stereocenters. The molecule has 2 heterocycles. The van der Waals surface area contributed by atoms with Gasteiger partial charge in [0.1, 0.15) is 6.07 Å². The van der Waals surface area contributed by atoms with Crippen LogP contribution in [0.25, 0.3) is 22.0 Å². The van der Waals surface area contributed by atoms with E-state index in [4.69, 9.17) is 9.47 Å². The van der Waals surface area contributed by atoms with E-state index in [1.807, 2.05) is 66.0 Å². The molecule has 7 heteroatoms. The summed E-state index contributed by atoms with van der Waals surface area (Å²) < 4.78 is 10.8. The number of nitrogens with zero attached hydrogens (tertiary/aromatic N) is 3. The lowest BCUT2D eigenvalue weighted by Gasteiger charge is -2.05. The van der Waals surface area contributed by atoms with Gasteiger partial charge in [-0.25, -0.2) is 4.98 Å². The minimum Gasteiger partial charge on any atom is -0.454 e. The molecule has 0 amide bonds. The Kier molecular flexibility index (Phi) is 4.31. The molecule has 0 saturated carbocycles. The second-order valence-corrected chi connectivity index (χ2v) is 7.17. The summed E-state index contributed by atoms with van der Waals surface area (Å²) in [5, 5.41) is 18.5. The van der Waals surface area contributed by atoms with E-state index in [1.165, 1.54) is 11.3 Å².